The predicted octanol–water partition coefficient (Wildman–Crippen LogP) is 2.07. The summed E-state index contributed by atoms with van der Waals surface area (Å²) >= 11 is 0. The van der Waals surface area contributed by atoms with Crippen molar-refractivity contribution in [2.75, 3.05) is 13.1 Å². The van der Waals surface area contributed by atoms with Crippen LogP contribution in [0, 0.1) is 11.8 Å². The highest BCUT2D eigenvalue weighted by Gasteiger charge is 2.22. The molecule has 98 valence electrons. The standard InChI is InChI=1S/C14H26N2O/c1-11-3-2-4-13(9-11)16-14(17)10-12-5-7-15-8-6-12/h11-13,15H,2-10H2,1H3,(H,16,17). The number of carbonyl (C=O) groups is 1. The van der Waals surface area contributed by atoms with Gasteiger partial charge in [0, 0.05) is 12.5 Å². The van der Waals surface area contributed by atoms with E-state index in [0.717, 1.165) is 38.3 Å². The van der Waals surface area contributed by atoms with Crippen molar-refractivity contribution in [2.45, 2.75) is 57.9 Å². The third-order valence-electron chi connectivity index (χ3n) is 4.23. The number of carbonyl (C=O) groups excluding carboxylic acids is 1. The second-order valence-corrected chi connectivity index (χ2v) is 5.93. The molecule has 0 radical (unpaired) electrons. The lowest BCUT2D eigenvalue weighted by Gasteiger charge is -2.28. The lowest BCUT2D eigenvalue weighted by molar-refractivity contribution is -0.123. The molecule has 2 atom stereocenters. The average molecular weight is 238 g/mol. The van der Waals surface area contributed by atoms with Crippen LogP contribution in [-0.2, 0) is 4.79 Å². The molecular formula is C14H26N2O. The van der Waals surface area contributed by atoms with Crippen LogP contribution in [0.2, 0.25) is 0 Å². The zero-order chi connectivity index (χ0) is 12.1. The van der Waals surface area contributed by atoms with Gasteiger partial charge in [0.25, 0.3) is 0 Å². The van der Waals surface area contributed by atoms with E-state index in [-0.39, 0.29) is 5.91 Å². The van der Waals surface area contributed by atoms with Crippen molar-refractivity contribution < 1.29 is 4.79 Å². The Balaban J connectivity index is 1.68. The zero-order valence-corrected chi connectivity index (χ0v) is 11.0. The molecule has 2 aliphatic rings. The van der Waals surface area contributed by atoms with E-state index in [2.05, 4.69) is 17.6 Å². The lowest BCUT2D eigenvalue weighted by atomic mass is 9.86. The molecule has 1 saturated heterocycles. The van der Waals surface area contributed by atoms with Crippen LogP contribution in [0.5, 0.6) is 0 Å². The van der Waals surface area contributed by atoms with E-state index in [1.165, 1.54) is 25.7 Å². The minimum Gasteiger partial charge on any atom is -0.353 e. The summed E-state index contributed by atoms with van der Waals surface area (Å²) in [7, 11) is 0. The van der Waals surface area contributed by atoms with Gasteiger partial charge in [-0.1, -0.05) is 19.8 Å². The molecule has 1 saturated carbocycles. The van der Waals surface area contributed by atoms with Crippen molar-refractivity contribution in [3.8, 4) is 0 Å². The summed E-state index contributed by atoms with van der Waals surface area (Å²) in [5, 5.41) is 6.58. The Labute approximate surface area is 105 Å². The first-order chi connectivity index (χ1) is 8.24. The largest absolute Gasteiger partial charge is 0.353 e. The Morgan fingerprint density at radius 3 is 2.71 bits per heavy atom. The van der Waals surface area contributed by atoms with Crippen molar-refractivity contribution in [2.24, 2.45) is 11.8 Å². The second-order valence-electron chi connectivity index (χ2n) is 5.93. The first-order valence-electron chi connectivity index (χ1n) is 7.24. The van der Waals surface area contributed by atoms with Crippen LogP contribution in [0.3, 0.4) is 0 Å². The van der Waals surface area contributed by atoms with E-state index in [0.29, 0.717) is 12.0 Å². The highest BCUT2D eigenvalue weighted by molar-refractivity contribution is 5.76. The van der Waals surface area contributed by atoms with Crippen LogP contribution < -0.4 is 10.6 Å². The van der Waals surface area contributed by atoms with Crippen LogP contribution in [0.4, 0.5) is 0 Å². The molecule has 1 amide bonds. The molecule has 0 aromatic rings. The summed E-state index contributed by atoms with van der Waals surface area (Å²) in [5.41, 5.74) is 0. The molecule has 1 aliphatic heterocycles. The fraction of sp³-hybridized carbons (Fsp3) is 0.929. The molecule has 0 aromatic heterocycles. The molecule has 0 spiro atoms. The molecule has 1 heterocycles. The van der Waals surface area contributed by atoms with E-state index in [9.17, 15) is 4.79 Å². The maximum atomic E-state index is 12.0. The molecular weight excluding hydrogens is 212 g/mol. The van der Waals surface area contributed by atoms with Gasteiger partial charge in [-0.25, -0.2) is 0 Å². The molecule has 2 fully saturated rings. The van der Waals surface area contributed by atoms with E-state index in [1.54, 1.807) is 0 Å². The Bertz CT molecular complexity index is 249. The van der Waals surface area contributed by atoms with E-state index < -0.39 is 0 Å². The third-order valence-corrected chi connectivity index (χ3v) is 4.23. The van der Waals surface area contributed by atoms with Crippen molar-refractivity contribution >= 4 is 5.91 Å². The number of rotatable bonds is 3. The molecule has 2 N–H and O–H groups in total. The van der Waals surface area contributed by atoms with Crippen molar-refractivity contribution in [1.82, 2.24) is 10.6 Å². The van der Waals surface area contributed by atoms with Crippen LogP contribution in [0.1, 0.15) is 51.9 Å². The molecule has 1 aliphatic carbocycles. The van der Waals surface area contributed by atoms with Gasteiger partial charge in [-0.05, 0) is 50.6 Å². The molecule has 3 heteroatoms. The molecule has 2 unspecified atom stereocenters. The van der Waals surface area contributed by atoms with Gasteiger partial charge >= 0.3 is 0 Å². The zero-order valence-electron chi connectivity index (χ0n) is 11.0. The maximum Gasteiger partial charge on any atom is 0.220 e. The van der Waals surface area contributed by atoms with Crippen LogP contribution >= 0.6 is 0 Å². The number of hydrogen-bond acceptors (Lipinski definition) is 2. The van der Waals surface area contributed by atoms with Crippen molar-refractivity contribution in [1.29, 1.82) is 0 Å². The highest BCUT2D eigenvalue weighted by atomic mass is 16.1. The third kappa shape index (κ3) is 4.30. The van der Waals surface area contributed by atoms with E-state index in [1.807, 2.05) is 0 Å². The molecule has 0 aromatic carbocycles. The summed E-state index contributed by atoms with van der Waals surface area (Å²) in [4.78, 5) is 12.0. The predicted molar refractivity (Wildman–Crippen MR) is 69.8 cm³/mol. The van der Waals surface area contributed by atoms with Gasteiger partial charge in [0.15, 0.2) is 0 Å². The lowest BCUT2D eigenvalue weighted by Crippen LogP contribution is -2.39. The fourth-order valence-corrected chi connectivity index (χ4v) is 3.20. The van der Waals surface area contributed by atoms with E-state index in [4.69, 9.17) is 0 Å². The summed E-state index contributed by atoms with van der Waals surface area (Å²) < 4.78 is 0. The first-order valence-corrected chi connectivity index (χ1v) is 7.24. The van der Waals surface area contributed by atoms with Crippen LogP contribution in [0.15, 0.2) is 0 Å². The molecule has 3 nitrogen and oxygen atoms in total. The highest BCUT2D eigenvalue weighted by Crippen LogP contribution is 2.24. The topological polar surface area (TPSA) is 41.1 Å². The van der Waals surface area contributed by atoms with E-state index >= 15 is 0 Å². The summed E-state index contributed by atoms with van der Waals surface area (Å²) in [6.45, 7) is 4.46. The first kappa shape index (κ1) is 12.9. The molecule has 2 rings (SSSR count). The number of amides is 1. The average Bonchev–Trinajstić information content (AvgIpc) is 2.30. The minimum atomic E-state index is 0.288. The van der Waals surface area contributed by atoms with Gasteiger partial charge in [0.05, 0.1) is 0 Å². The Kier molecular flexibility index (Phi) is 4.84. The summed E-state index contributed by atoms with van der Waals surface area (Å²) in [6.07, 6.45) is 8.04. The van der Waals surface area contributed by atoms with Gasteiger partial charge in [0.2, 0.25) is 5.91 Å². The smallest absolute Gasteiger partial charge is 0.220 e. The van der Waals surface area contributed by atoms with Crippen LogP contribution in [0.25, 0.3) is 0 Å². The molecule has 17 heavy (non-hydrogen) atoms. The number of nitrogens with one attached hydrogen (secondary N) is 2. The second kappa shape index (κ2) is 6.39. The van der Waals surface area contributed by atoms with Gasteiger partial charge in [-0.3, -0.25) is 4.79 Å². The monoisotopic (exact) mass is 238 g/mol. The van der Waals surface area contributed by atoms with Gasteiger partial charge in [0.1, 0.15) is 0 Å². The quantitative estimate of drug-likeness (QED) is 0.790. The van der Waals surface area contributed by atoms with Gasteiger partial charge in [-0.2, -0.15) is 0 Å². The molecule has 0 bridgehead atoms. The normalized spacial score (nSPS) is 31.1. The number of piperidine rings is 1. The van der Waals surface area contributed by atoms with Crippen LogP contribution in [-0.4, -0.2) is 25.0 Å². The van der Waals surface area contributed by atoms with Gasteiger partial charge < -0.3 is 10.6 Å². The van der Waals surface area contributed by atoms with Crippen molar-refractivity contribution in [3.63, 3.8) is 0 Å². The number of hydrogen-bond donors (Lipinski definition) is 2. The Morgan fingerprint density at radius 1 is 1.24 bits per heavy atom. The Morgan fingerprint density at radius 2 is 2.00 bits per heavy atom. The summed E-state index contributed by atoms with van der Waals surface area (Å²) in [6, 6.07) is 0.452. The summed E-state index contributed by atoms with van der Waals surface area (Å²) in [5.74, 6) is 1.68. The maximum absolute atomic E-state index is 12.0. The SMILES string of the molecule is CC1CCCC(NC(=O)CC2CCNCC2)C1. The van der Waals surface area contributed by atoms with Crippen molar-refractivity contribution in [3.05, 3.63) is 0 Å². The Hall–Kier alpha value is -0.570. The van der Waals surface area contributed by atoms with Gasteiger partial charge in [-0.15, -0.1) is 0 Å². The minimum absolute atomic E-state index is 0.288. The fourth-order valence-electron chi connectivity index (χ4n) is 3.20.